The van der Waals surface area contributed by atoms with Gasteiger partial charge in [0.25, 0.3) is 0 Å². The van der Waals surface area contributed by atoms with E-state index in [2.05, 4.69) is 15.1 Å². The van der Waals surface area contributed by atoms with E-state index in [1.807, 2.05) is 13.8 Å². The average molecular weight is 220 g/mol. The van der Waals surface area contributed by atoms with Crippen LogP contribution in [0.15, 0.2) is 11.1 Å². The Morgan fingerprint density at radius 3 is 3.07 bits per heavy atom. The first-order valence-electron chi connectivity index (χ1n) is 4.50. The number of fused-ring (bicyclic) bond motifs is 3. The molecule has 3 rings (SSSR count). The van der Waals surface area contributed by atoms with E-state index >= 15 is 0 Å². The van der Waals surface area contributed by atoms with Gasteiger partial charge in [-0.25, -0.2) is 9.78 Å². The van der Waals surface area contributed by atoms with Crippen LogP contribution in [-0.4, -0.2) is 19.6 Å². The van der Waals surface area contributed by atoms with Crippen LogP contribution in [-0.2, 0) is 0 Å². The highest BCUT2D eigenvalue weighted by molar-refractivity contribution is 7.18. The molecule has 0 unspecified atom stereocenters. The Morgan fingerprint density at radius 2 is 2.27 bits per heavy atom. The maximum atomic E-state index is 11.6. The van der Waals surface area contributed by atoms with Crippen molar-refractivity contribution in [3.8, 4) is 0 Å². The first kappa shape index (κ1) is 8.60. The predicted molar refractivity (Wildman–Crippen MR) is 58.5 cm³/mol. The lowest BCUT2D eigenvalue weighted by atomic mass is 10.2. The zero-order valence-corrected chi connectivity index (χ0v) is 9.05. The van der Waals surface area contributed by atoms with Gasteiger partial charge in [0.05, 0.1) is 5.39 Å². The second-order valence-electron chi connectivity index (χ2n) is 3.41. The summed E-state index contributed by atoms with van der Waals surface area (Å²) in [4.78, 5) is 20.6. The minimum atomic E-state index is -0.240. The topological polar surface area (TPSA) is 63.0 Å². The highest BCUT2D eigenvalue weighted by Gasteiger charge is 2.12. The summed E-state index contributed by atoms with van der Waals surface area (Å²) in [6.07, 6.45) is 1.40. The van der Waals surface area contributed by atoms with Crippen molar-refractivity contribution in [3.05, 3.63) is 27.3 Å². The molecule has 3 aromatic rings. The summed E-state index contributed by atoms with van der Waals surface area (Å²) in [5.41, 5.74) is 1.55. The molecule has 0 amide bonds. The molecule has 0 aromatic carbocycles. The summed E-state index contributed by atoms with van der Waals surface area (Å²) in [5.74, 6) is 0. The zero-order valence-electron chi connectivity index (χ0n) is 8.24. The number of nitrogens with one attached hydrogen (secondary N) is 1. The molecule has 0 radical (unpaired) electrons. The number of hydrogen-bond acceptors (Lipinski definition) is 4. The Balaban J connectivity index is 2.74. The number of H-pyrrole nitrogens is 1. The van der Waals surface area contributed by atoms with Gasteiger partial charge in [-0.05, 0) is 19.4 Å². The fourth-order valence-electron chi connectivity index (χ4n) is 1.69. The van der Waals surface area contributed by atoms with Gasteiger partial charge < -0.3 is 0 Å². The van der Waals surface area contributed by atoms with Crippen molar-refractivity contribution in [2.45, 2.75) is 13.8 Å². The Hall–Kier alpha value is -1.69. The van der Waals surface area contributed by atoms with Gasteiger partial charge in [-0.2, -0.15) is 9.61 Å². The SMILES string of the molecule is Cc1sc2[nH]c(=O)n3ncnc3c2c1C. The molecular formula is C9H8N4OS. The Kier molecular flexibility index (Phi) is 1.53. The van der Waals surface area contributed by atoms with Crippen molar-refractivity contribution < 1.29 is 0 Å². The third-order valence-electron chi connectivity index (χ3n) is 2.57. The summed E-state index contributed by atoms with van der Waals surface area (Å²) in [6.45, 7) is 4.06. The van der Waals surface area contributed by atoms with Gasteiger partial charge in [0.1, 0.15) is 11.2 Å². The number of aryl methyl sites for hydroxylation is 2. The lowest BCUT2D eigenvalue weighted by molar-refractivity contribution is 0.883. The largest absolute Gasteiger partial charge is 0.349 e. The number of hydrogen-bond donors (Lipinski definition) is 1. The molecule has 0 atom stereocenters. The third-order valence-corrected chi connectivity index (χ3v) is 3.69. The fourth-order valence-corrected chi connectivity index (χ4v) is 2.74. The first-order chi connectivity index (χ1) is 7.18. The lowest BCUT2D eigenvalue weighted by Crippen LogP contribution is -2.16. The van der Waals surface area contributed by atoms with E-state index in [0.717, 1.165) is 15.8 Å². The van der Waals surface area contributed by atoms with Gasteiger partial charge >= 0.3 is 5.69 Å². The minimum Gasteiger partial charge on any atom is -0.297 e. The summed E-state index contributed by atoms with van der Waals surface area (Å²) in [6, 6.07) is 0. The van der Waals surface area contributed by atoms with Gasteiger partial charge in [0.2, 0.25) is 0 Å². The molecule has 3 heterocycles. The number of aromatic amines is 1. The van der Waals surface area contributed by atoms with E-state index in [1.165, 1.54) is 15.7 Å². The average Bonchev–Trinajstić information content (AvgIpc) is 2.74. The van der Waals surface area contributed by atoms with Crippen molar-refractivity contribution in [3.63, 3.8) is 0 Å². The van der Waals surface area contributed by atoms with Gasteiger partial charge in [0.15, 0.2) is 5.65 Å². The molecule has 0 saturated carbocycles. The second kappa shape index (κ2) is 2.66. The zero-order chi connectivity index (χ0) is 10.6. The molecule has 0 aliphatic carbocycles. The molecule has 0 bridgehead atoms. The van der Waals surface area contributed by atoms with Crippen molar-refractivity contribution in [2.75, 3.05) is 0 Å². The van der Waals surface area contributed by atoms with E-state index in [0.29, 0.717) is 5.65 Å². The molecule has 0 saturated heterocycles. The van der Waals surface area contributed by atoms with Crippen LogP contribution in [0.1, 0.15) is 10.4 Å². The van der Waals surface area contributed by atoms with E-state index in [1.54, 1.807) is 11.3 Å². The van der Waals surface area contributed by atoms with Crippen LogP contribution in [0.5, 0.6) is 0 Å². The second-order valence-corrected chi connectivity index (χ2v) is 4.64. The monoisotopic (exact) mass is 220 g/mol. The van der Waals surface area contributed by atoms with E-state index in [9.17, 15) is 4.79 Å². The van der Waals surface area contributed by atoms with Crippen LogP contribution in [0, 0.1) is 13.8 Å². The molecule has 6 heteroatoms. The van der Waals surface area contributed by atoms with Crippen LogP contribution in [0.2, 0.25) is 0 Å². The Morgan fingerprint density at radius 1 is 1.47 bits per heavy atom. The van der Waals surface area contributed by atoms with E-state index < -0.39 is 0 Å². The first-order valence-corrected chi connectivity index (χ1v) is 5.32. The van der Waals surface area contributed by atoms with Crippen LogP contribution >= 0.6 is 11.3 Å². The molecule has 0 fully saturated rings. The standard InChI is InChI=1S/C9H8N4OS/c1-4-5(2)15-8-6(4)7-10-3-11-13(7)9(14)12-8/h3H,1-2H3,(H,12,14). The number of thiophene rings is 1. The van der Waals surface area contributed by atoms with Crippen molar-refractivity contribution >= 4 is 27.2 Å². The lowest BCUT2D eigenvalue weighted by Gasteiger charge is -1.94. The molecule has 5 nitrogen and oxygen atoms in total. The summed E-state index contributed by atoms with van der Waals surface area (Å²) in [5, 5.41) is 4.88. The molecule has 1 N–H and O–H groups in total. The normalized spacial score (nSPS) is 11.6. The Bertz CT molecular complexity index is 721. The maximum Gasteiger partial charge on any atom is 0.349 e. The summed E-state index contributed by atoms with van der Waals surface area (Å²) < 4.78 is 1.29. The number of aromatic nitrogens is 4. The maximum absolute atomic E-state index is 11.6. The van der Waals surface area contributed by atoms with Gasteiger partial charge in [0, 0.05) is 4.88 Å². The molecule has 76 valence electrons. The van der Waals surface area contributed by atoms with Crippen molar-refractivity contribution in [1.29, 1.82) is 0 Å². The summed E-state index contributed by atoms with van der Waals surface area (Å²) in [7, 11) is 0. The molecule has 3 aromatic heterocycles. The van der Waals surface area contributed by atoms with Gasteiger partial charge in [-0.15, -0.1) is 11.3 Å². The smallest absolute Gasteiger partial charge is 0.297 e. The van der Waals surface area contributed by atoms with E-state index in [4.69, 9.17) is 0 Å². The fraction of sp³-hybridized carbons (Fsp3) is 0.222. The predicted octanol–water partition coefficient (Wildman–Crippen LogP) is 1.25. The third kappa shape index (κ3) is 0.992. The van der Waals surface area contributed by atoms with Crippen molar-refractivity contribution in [2.24, 2.45) is 0 Å². The molecule has 0 aliphatic heterocycles. The van der Waals surface area contributed by atoms with Crippen LogP contribution in [0.3, 0.4) is 0 Å². The quantitative estimate of drug-likeness (QED) is 0.620. The van der Waals surface area contributed by atoms with E-state index in [-0.39, 0.29) is 5.69 Å². The number of nitrogens with zero attached hydrogens (tertiary/aromatic N) is 3. The molecule has 0 aliphatic rings. The van der Waals surface area contributed by atoms with Gasteiger partial charge in [-0.1, -0.05) is 0 Å². The van der Waals surface area contributed by atoms with Crippen LogP contribution in [0.4, 0.5) is 0 Å². The highest BCUT2D eigenvalue weighted by Crippen LogP contribution is 2.29. The molecular weight excluding hydrogens is 212 g/mol. The highest BCUT2D eigenvalue weighted by atomic mass is 32.1. The Labute approximate surface area is 88.4 Å². The van der Waals surface area contributed by atoms with Crippen LogP contribution < -0.4 is 5.69 Å². The summed E-state index contributed by atoms with van der Waals surface area (Å²) >= 11 is 1.57. The van der Waals surface area contributed by atoms with Crippen LogP contribution in [0.25, 0.3) is 15.9 Å². The molecule has 15 heavy (non-hydrogen) atoms. The van der Waals surface area contributed by atoms with Gasteiger partial charge in [-0.3, -0.25) is 4.98 Å². The van der Waals surface area contributed by atoms with Crippen molar-refractivity contribution in [1.82, 2.24) is 19.6 Å². The minimum absolute atomic E-state index is 0.240. The number of rotatable bonds is 0. The molecule has 0 spiro atoms.